The highest BCUT2D eigenvalue weighted by Crippen LogP contribution is 2.17. The van der Waals surface area contributed by atoms with Crippen LogP contribution in [0.4, 0.5) is 0 Å². The van der Waals surface area contributed by atoms with Gasteiger partial charge in [0.25, 0.3) is 0 Å². The summed E-state index contributed by atoms with van der Waals surface area (Å²) in [5.74, 6) is -0.0851. The molecule has 0 bridgehead atoms. The van der Waals surface area contributed by atoms with Gasteiger partial charge in [-0.3, -0.25) is 14.4 Å². The van der Waals surface area contributed by atoms with Gasteiger partial charge in [0, 0.05) is 45.9 Å². The van der Waals surface area contributed by atoms with Crippen LogP contribution in [0.15, 0.2) is 24.3 Å². The van der Waals surface area contributed by atoms with Gasteiger partial charge in [0.05, 0.1) is 6.04 Å². The first kappa shape index (κ1) is 19.9. The van der Waals surface area contributed by atoms with Crippen LogP contribution in [0, 0.1) is 6.92 Å². The minimum atomic E-state index is -0.104. The van der Waals surface area contributed by atoms with E-state index in [1.54, 1.807) is 16.7 Å². The molecule has 1 aliphatic rings. The normalized spacial score (nSPS) is 15.5. The Labute approximate surface area is 155 Å². The van der Waals surface area contributed by atoms with Crippen molar-refractivity contribution in [2.24, 2.45) is 0 Å². The first-order chi connectivity index (χ1) is 12.4. The fourth-order valence-corrected chi connectivity index (χ4v) is 3.14. The van der Waals surface area contributed by atoms with Crippen molar-refractivity contribution in [2.45, 2.75) is 46.1 Å². The number of benzene rings is 1. The van der Waals surface area contributed by atoms with Gasteiger partial charge in [-0.15, -0.1) is 0 Å². The number of piperazine rings is 1. The number of nitrogens with one attached hydrogen (secondary N) is 1. The van der Waals surface area contributed by atoms with Crippen molar-refractivity contribution >= 4 is 17.7 Å². The van der Waals surface area contributed by atoms with E-state index in [9.17, 15) is 14.4 Å². The lowest BCUT2D eigenvalue weighted by molar-refractivity contribution is -0.139. The van der Waals surface area contributed by atoms with Crippen LogP contribution in [0.1, 0.15) is 50.3 Å². The second-order valence-electron chi connectivity index (χ2n) is 6.83. The van der Waals surface area contributed by atoms with E-state index in [0.717, 1.165) is 12.0 Å². The molecule has 0 aliphatic carbocycles. The summed E-state index contributed by atoms with van der Waals surface area (Å²) in [6, 6.07) is 8.10. The number of nitrogens with zero attached hydrogens (tertiary/aromatic N) is 2. The van der Waals surface area contributed by atoms with Gasteiger partial charge in [-0.25, -0.2) is 0 Å². The van der Waals surface area contributed by atoms with Gasteiger partial charge in [0.2, 0.25) is 17.7 Å². The summed E-state index contributed by atoms with van der Waals surface area (Å²) in [6.45, 7) is 7.83. The first-order valence-corrected chi connectivity index (χ1v) is 9.30. The molecule has 1 N–H and O–H groups in total. The quantitative estimate of drug-likeness (QED) is 0.845. The molecular formula is C20H29N3O3. The van der Waals surface area contributed by atoms with Gasteiger partial charge in [0.1, 0.15) is 0 Å². The van der Waals surface area contributed by atoms with Gasteiger partial charge in [-0.05, 0) is 18.9 Å². The summed E-state index contributed by atoms with van der Waals surface area (Å²) < 4.78 is 0. The smallest absolute Gasteiger partial charge is 0.223 e. The van der Waals surface area contributed by atoms with Gasteiger partial charge in [-0.2, -0.15) is 0 Å². The third-order valence-electron chi connectivity index (χ3n) is 4.87. The Morgan fingerprint density at radius 3 is 2.12 bits per heavy atom. The maximum atomic E-state index is 12.3. The zero-order chi connectivity index (χ0) is 19.1. The number of hydrogen-bond acceptors (Lipinski definition) is 3. The second kappa shape index (κ2) is 9.36. The molecule has 0 unspecified atom stereocenters. The predicted molar refractivity (Wildman–Crippen MR) is 100 cm³/mol. The standard InChI is InChI=1S/C20H29N3O3/c1-4-18(17-7-5-15(2)6-8-17)21-19(25)9-10-20(26)23-13-11-22(12-14-23)16(3)24/h5-8,18H,4,9-14H2,1-3H3,(H,21,25)/t18-/m0/s1. The van der Waals surface area contributed by atoms with Crippen LogP contribution in [-0.4, -0.2) is 53.7 Å². The molecule has 0 aromatic heterocycles. The summed E-state index contributed by atoms with van der Waals surface area (Å²) in [6.07, 6.45) is 1.19. The molecular weight excluding hydrogens is 330 g/mol. The van der Waals surface area contributed by atoms with Crippen LogP contribution in [0.5, 0.6) is 0 Å². The van der Waals surface area contributed by atoms with Crippen molar-refractivity contribution in [1.29, 1.82) is 0 Å². The summed E-state index contributed by atoms with van der Waals surface area (Å²) in [7, 11) is 0. The Hall–Kier alpha value is -2.37. The van der Waals surface area contributed by atoms with Gasteiger partial charge < -0.3 is 15.1 Å². The molecule has 1 atom stereocenters. The van der Waals surface area contributed by atoms with E-state index in [4.69, 9.17) is 0 Å². The van der Waals surface area contributed by atoms with Crippen molar-refractivity contribution < 1.29 is 14.4 Å². The summed E-state index contributed by atoms with van der Waals surface area (Å²) in [5.41, 5.74) is 2.27. The number of carbonyl (C=O) groups is 3. The van der Waals surface area contributed by atoms with E-state index in [1.165, 1.54) is 5.56 Å². The molecule has 0 spiro atoms. The Kier molecular flexibility index (Phi) is 7.18. The predicted octanol–water partition coefficient (Wildman–Crippen LogP) is 2.03. The molecule has 1 aliphatic heterocycles. The molecule has 0 radical (unpaired) electrons. The van der Waals surface area contributed by atoms with Gasteiger partial charge >= 0.3 is 0 Å². The minimum Gasteiger partial charge on any atom is -0.349 e. The van der Waals surface area contributed by atoms with E-state index >= 15 is 0 Å². The average molecular weight is 359 g/mol. The van der Waals surface area contributed by atoms with E-state index < -0.39 is 0 Å². The van der Waals surface area contributed by atoms with E-state index in [-0.39, 0.29) is 36.6 Å². The second-order valence-corrected chi connectivity index (χ2v) is 6.83. The molecule has 1 heterocycles. The zero-order valence-electron chi connectivity index (χ0n) is 16.0. The molecule has 1 fully saturated rings. The lowest BCUT2D eigenvalue weighted by Gasteiger charge is -2.34. The van der Waals surface area contributed by atoms with Crippen LogP contribution < -0.4 is 5.32 Å². The molecule has 1 aromatic carbocycles. The van der Waals surface area contributed by atoms with Crippen molar-refractivity contribution in [2.75, 3.05) is 26.2 Å². The summed E-state index contributed by atoms with van der Waals surface area (Å²) in [5, 5.41) is 3.02. The Morgan fingerprint density at radius 2 is 1.58 bits per heavy atom. The van der Waals surface area contributed by atoms with Crippen LogP contribution in [-0.2, 0) is 14.4 Å². The van der Waals surface area contributed by atoms with Crippen LogP contribution in [0.2, 0.25) is 0 Å². The topological polar surface area (TPSA) is 69.7 Å². The zero-order valence-corrected chi connectivity index (χ0v) is 16.0. The van der Waals surface area contributed by atoms with E-state index in [0.29, 0.717) is 26.2 Å². The van der Waals surface area contributed by atoms with Crippen molar-refractivity contribution in [1.82, 2.24) is 15.1 Å². The summed E-state index contributed by atoms with van der Waals surface area (Å²) in [4.78, 5) is 39.3. The third-order valence-corrected chi connectivity index (χ3v) is 4.87. The average Bonchev–Trinajstić information content (AvgIpc) is 2.65. The molecule has 1 aromatic rings. The largest absolute Gasteiger partial charge is 0.349 e. The number of hydrogen-bond donors (Lipinski definition) is 1. The fraction of sp³-hybridized carbons (Fsp3) is 0.550. The Balaban J connectivity index is 1.78. The molecule has 142 valence electrons. The van der Waals surface area contributed by atoms with Crippen LogP contribution in [0.3, 0.4) is 0 Å². The van der Waals surface area contributed by atoms with Crippen LogP contribution >= 0.6 is 0 Å². The molecule has 6 heteroatoms. The highest BCUT2D eigenvalue weighted by molar-refractivity contribution is 5.84. The van der Waals surface area contributed by atoms with Crippen molar-refractivity contribution in [3.8, 4) is 0 Å². The van der Waals surface area contributed by atoms with Crippen molar-refractivity contribution in [3.05, 3.63) is 35.4 Å². The maximum Gasteiger partial charge on any atom is 0.223 e. The SMILES string of the molecule is CC[C@H](NC(=O)CCC(=O)N1CCN(C(C)=O)CC1)c1ccc(C)cc1. The monoisotopic (exact) mass is 359 g/mol. The highest BCUT2D eigenvalue weighted by atomic mass is 16.2. The van der Waals surface area contributed by atoms with Gasteiger partial charge in [-0.1, -0.05) is 36.8 Å². The molecule has 3 amide bonds. The van der Waals surface area contributed by atoms with E-state index in [2.05, 4.69) is 5.32 Å². The van der Waals surface area contributed by atoms with Gasteiger partial charge in [0.15, 0.2) is 0 Å². The van der Waals surface area contributed by atoms with Crippen LogP contribution in [0.25, 0.3) is 0 Å². The number of rotatable bonds is 6. The van der Waals surface area contributed by atoms with Crippen molar-refractivity contribution in [3.63, 3.8) is 0 Å². The van der Waals surface area contributed by atoms with E-state index in [1.807, 2.05) is 38.1 Å². The summed E-state index contributed by atoms with van der Waals surface area (Å²) >= 11 is 0. The maximum absolute atomic E-state index is 12.3. The highest BCUT2D eigenvalue weighted by Gasteiger charge is 2.23. The number of carbonyl (C=O) groups excluding carboxylic acids is 3. The number of amides is 3. The molecule has 26 heavy (non-hydrogen) atoms. The Morgan fingerprint density at radius 1 is 1.00 bits per heavy atom. The number of aryl methyl sites for hydroxylation is 1. The molecule has 0 saturated carbocycles. The third kappa shape index (κ3) is 5.58. The minimum absolute atomic E-state index is 0.0215. The molecule has 6 nitrogen and oxygen atoms in total. The lowest BCUT2D eigenvalue weighted by atomic mass is 10.0. The first-order valence-electron chi connectivity index (χ1n) is 9.30. The lowest BCUT2D eigenvalue weighted by Crippen LogP contribution is -2.50. The molecule has 1 saturated heterocycles. The molecule has 2 rings (SSSR count). The Bertz CT molecular complexity index is 634. The fourth-order valence-electron chi connectivity index (χ4n) is 3.14.